The van der Waals surface area contributed by atoms with Crippen molar-refractivity contribution in [2.45, 2.75) is 13.0 Å². The molecule has 0 fully saturated rings. The van der Waals surface area contributed by atoms with Crippen LogP contribution < -0.4 is 5.73 Å². The third kappa shape index (κ3) is 2.40. The topological polar surface area (TPSA) is 99.9 Å². The molecule has 0 amide bonds. The molecule has 0 bridgehead atoms. The third-order valence-corrected chi connectivity index (χ3v) is 2.41. The first kappa shape index (κ1) is 13.0. The van der Waals surface area contributed by atoms with Crippen LogP contribution >= 0.6 is 0 Å². The van der Waals surface area contributed by atoms with Crippen LogP contribution in [0.15, 0.2) is 18.3 Å². The van der Waals surface area contributed by atoms with Crippen LogP contribution in [0.3, 0.4) is 0 Å². The highest BCUT2D eigenvalue weighted by Crippen LogP contribution is 2.26. The average molecular weight is 269 g/mol. The summed E-state index contributed by atoms with van der Waals surface area (Å²) in [6, 6.07) is 0.692. The lowest BCUT2D eigenvalue weighted by Crippen LogP contribution is -2.06. The monoisotopic (exact) mass is 269 g/mol. The first-order chi connectivity index (χ1) is 8.90. The summed E-state index contributed by atoms with van der Waals surface area (Å²) in [5.41, 5.74) is 4.68. The molecule has 2 N–H and O–H groups in total. The highest BCUT2D eigenvalue weighted by molar-refractivity contribution is 5.53. The predicted molar refractivity (Wildman–Crippen MR) is 60.5 cm³/mol. The van der Waals surface area contributed by atoms with E-state index in [4.69, 9.17) is 5.73 Å². The maximum Gasteiger partial charge on any atom is 0.300 e. The van der Waals surface area contributed by atoms with Gasteiger partial charge in [0.25, 0.3) is 0 Å². The van der Waals surface area contributed by atoms with Crippen LogP contribution in [0.5, 0.6) is 0 Å². The van der Waals surface area contributed by atoms with Gasteiger partial charge in [-0.2, -0.15) is 0 Å². The first-order valence-electron chi connectivity index (χ1n) is 5.21. The molecule has 1 heterocycles. The summed E-state index contributed by atoms with van der Waals surface area (Å²) in [4.78, 5) is 9.93. The molecule has 0 saturated heterocycles. The Bertz CT molecular complexity index is 641. The molecule has 0 aliphatic rings. The number of hydrogen-bond donors (Lipinski definition) is 1. The fraction of sp³-hybridized carbons (Fsp3) is 0.200. The summed E-state index contributed by atoms with van der Waals surface area (Å²) in [6.45, 7) is 1.63. The summed E-state index contributed by atoms with van der Waals surface area (Å²) < 4.78 is 27.6. The van der Waals surface area contributed by atoms with Crippen molar-refractivity contribution in [3.05, 3.63) is 45.8 Å². The van der Waals surface area contributed by atoms with Crippen molar-refractivity contribution < 1.29 is 13.7 Å². The molecule has 0 saturated carbocycles. The Labute approximate surface area is 105 Å². The second kappa shape index (κ2) is 4.69. The van der Waals surface area contributed by atoms with Gasteiger partial charge in [-0.3, -0.25) is 10.1 Å². The Morgan fingerprint density at radius 2 is 2.16 bits per heavy atom. The molecule has 7 nitrogen and oxygen atoms in total. The highest BCUT2D eigenvalue weighted by Gasteiger charge is 2.23. The van der Waals surface area contributed by atoms with E-state index in [0.29, 0.717) is 17.8 Å². The van der Waals surface area contributed by atoms with E-state index in [1.807, 2.05) is 0 Å². The van der Waals surface area contributed by atoms with E-state index in [1.165, 1.54) is 6.20 Å². The molecule has 1 aromatic carbocycles. The largest absolute Gasteiger partial charge is 0.323 e. The zero-order valence-electron chi connectivity index (χ0n) is 9.75. The van der Waals surface area contributed by atoms with Gasteiger partial charge in [0.15, 0.2) is 11.5 Å². The van der Waals surface area contributed by atoms with Crippen molar-refractivity contribution in [2.75, 3.05) is 0 Å². The number of hydrogen-bond acceptors (Lipinski definition) is 5. The summed E-state index contributed by atoms with van der Waals surface area (Å²) in [5, 5.41) is 18.0. The fourth-order valence-electron chi connectivity index (χ4n) is 1.51. The van der Waals surface area contributed by atoms with Gasteiger partial charge >= 0.3 is 5.69 Å². The van der Waals surface area contributed by atoms with Crippen LogP contribution in [0.25, 0.3) is 5.69 Å². The molecular formula is C10H9F2N5O2. The van der Waals surface area contributed by atoms with Crippen LogP contribution in [-0.4, -0.2) is 19.9 Å². The number of rotatable bonds is 3. The van der Waals surface area contributed by atoms with Gasteiger partial charge in [-0.05, 0) is 6.92 Å². The van der Waals surface area contributed by atoms with Gasteiger partial charge in [-0.1, -0.05) is 5.21 Å². The minimum absolute atomic E-state index is 0.332. The summed E-state index contributed by atoms with van der Waals surface area (Å²) in [6.07, 6.45) is 1.26. The standard InChI is InChI=1S/C10H9F2N5O2/c1-5(13)8-4-16(15-14-8)10-7(12)2-6(11)3-9(10)17(18)19/h2-5H,13H2,1H3. The third-order valence-electron chi connectivity index (χ3n) is 2.41. The average Bonchev–Trinajstić information content (AvgIpc) is 2.76. The normalized spacial score (nSPS) is 12.4. The molecule has 0 radical (unpaired) electrons. The Kier molecular flexibility index (Phi) is 3.21. The molecule has 1 aromatic heterocycles. The zero-order valence-corrected chi connectivity index (χ0v) is 9.75. The second-order valence-corrected chi connectivity index (χ2v) is 3.89. The van der Waals surface area contributed by atoms with Crippen molar-refractivity contribution in [1.82, 2.24) is 15.0 Å². The van der Waals surface area contributed by atoms with E-state index in [0.717, 1.165) is 4.68 Å². The molecule has 2 aromatic rings. The maximum absolute atomic E-state index is 13.7. The van der Waals surface area contributed by atoms with Crippen molar-refractivity contribution in [3.63, 3.8) is 0 Å². The van der Waals surface area contributed by atoms with Gasteiger partial charge < -0.3 is 5.73 Å². The molecule has 9 heteroatoms. The zero-order chi connectivity index (χ0) is 14.2. The fourth-order valence-corrected chi connectivity index (χ4v) is 1.51. The molecule has 1 unspecified atom stereocenters. The Morgan fingerprint density at radius 1 is 1.47 bits per heavy atom. The maximum atomic E-state index is 13.7. The lowest BCUT2D eigenvalue weighted by molar-refractivity contribution is -0.385. The van der Waals surface area contributed by atoms with Gasteiger partial charge in [0, 0.05) is 12.1 Å². The Hall–Kier alpha value is -2.42. The minimum atomic E-state index is -1.10. The molecule has 2 rings (SSSR count). The number of halogens is 2. The number of nitro groups is 1. The molecule has 100 valence electrons. The van der Waals surface area contributed by atoms with E-state index in [9.17, 15) is 18.9 Å². The van der Waals surface area contributed by atoms with Crippen LogP contribution in [0.4, 0.5) is 14.5 Å². The van der Waals surface area contributed by atoms with Crippen LogP contribution in [0.1, 0.15) is 18.7 Å². The quantitative estimate of drug-likeness (QED) is 0.671. The van der Waals surface area contributed by atoms with Crippen molar-refractivity contribution in [2.24, 2.45) is 5.73 Å². The van der Waals surface area contributed by atoms with Gasteiger partial charge in [0.2, 0.25) is 0 Å². The molecule has 0 aliphatic heterocycles. The van der Waals surface area contributed by atoms with Crippen molar-refractivity contribution >= 4 is 5.69 Å². The Morgan fingerprint density at radius 3 is 2.68 bits per heavy atom. The second-order valence-electron chi connectivity index (χ2n) is 3.89. The van der Waals surface area contributed by atoms with Crippen molar-refractivity contribution in [1.29, 1.82) is 0 Å². The van der Waals surface area contributed by atoms with E-state index in [2.05, 4.69) is 10.3 Å². The number of benzene rings is 1. The van der Waals surface area contributed by atoms with E-state index in [1.54, 1.807) is 6.92 Å². The number of nitro benzene ring substituents is 1. The number of nitrogens with zero attached hydrogens (tertiary/aromatic N) is 4. The number of nitrogens with two attached hydrogens (primary N) is 1. The van der Waals surface area contributed by atoms with E-state index >= 15 is 0 Å². The molecule has 0 aliphatic carbocycles. The van der Waals surface area contributed by atoms with Gasteiger partial charge in [-0.25, -0.2) is 13.5 Å². The molecule has 19 heavy (non-hydrogen) atoms. The van der Waals surface area contributed by atoms with E-state index < -0.39 is 34.0 Å². The molecule has 0 spiro atoms. The highest BCUT2D eigenvalue weighted by atomic mass is 19.1. The first-order valence-corrected chi connectivity index (χ1v) is 5.21. The van der Waals surface area contributed by atoms with Crippen LogP contribution in [0.2, 0.25) is 0 Å². The summed E-state index contributed by atoms with van der Waals surface area (Å²) in [7, 11) is 0. The van der Waals surface area contributed by atoms with Crippen LogP contribution in [-0.2, 0) is 0 Å². The van der Waals surface area contributed by atoms with Gasteiger partial charge in [0.1, 0.15) is 5.82 Å². The van der Waals surface area contributed by atoms with Crippen LogP contribution in [0, 0.1) is 21.7 Å². The smallest absolute Gasteiger partial charge is 0.300 e. The summed E-state index contributed by atoms with van der Waals surface area (Å²) in [5.74, 6) is -2.15. The SMILES string of the molecule is CC(N)c1cn(-c2c(F)cc(F)cc2[N+](=O)[O-])nn1. The molecule has 1 atom stereocenters. The van der Waals surface area contributed by atoms with Gasteiger partial charge in [-0.15, -0.1) is 5.10 Å². The number of aromatic nitrogens is 3. The summed E-state index contributed by atoms with van der Waals surface area (Å²) >= 11 is 0. The lowest BCUT2D eigenvalue weighted by Gasteiger charge is -2.03. The Balaban J connectivity index is 2.63. The predicted octanol–water partition coefficient (Wildman–Crippen LogP) is 1.47. The lowest BCUT2D eigenvalue weighted by atomic mass is 10.2. The minimum Gasteiger partial charge on any atom is -0.323 e. The van der Waals surface area contributed by atoms with Crippen molar-refractivity contribution in [3.8, 4) is 5.69 Å². The molecular weight excluding hydrogens is 260 g/mol. The van der Waals surface area contributed by atoms with E-state index in [-0.39, 0.29) is 0 Å². The van der Waals surface area contributed by atoms with Gasteiger partial charge in [0.05, 0.1) is 22.9 Å².